The molecule has 2 saturated heterocycles. The fourth-order valence-electron chi connectivity index (χ4n) is 3.27. The van der Waals surface area contributed by atoms with E-state index in [1.807, 2.05) is 0 Å². The van der Waals surface area contributed by atoms with E-state index in [4.69, 9.17) is 0 Å². The average molecular weight is 154 g/mol. The fraction of sp³-hybridized carbons (Fsp3) is 1.00. The van der Waals surface area contributed by atoms with E-state index >= 15 is 0 Å². The molecule has 0 aromatic rings. The Bertz CT molecular complexity index is 147. The Labute approximate surface area is 70.0 Å². The molecule has 0 aromatic heterocycles. The first-order chi connectivity index (χ1) is 5.23. The highest BCUT2D eigenvalue weighted by Gasteiger charge is 2.44. The van der Waals surface area contributed by atoms with Crippen molar-refractivity contribution in [2.75, 3.05) is 19.6 Å². The molecule has 2 fully saturated rings. The molecule has 64 valence electrons. The van der Waals surface area contributed by atoms with E-state index in [-0.39, 0.29) is 0 Å². The van der Waals surface area contributed by atoms with Crippen molar-refractivity contribution in [1.82, 2.24) is 0 Å². The highest BCUT2D eigenvalue weighted by Crippen LogP contribution is 2.35. The molecule has 0 radical (unpaired) electrons. The second-order valence-electron chi connectivity index (χ2n) is 4.75. The molecule has 2 rings (SSSR count). The molecular formula is C10H20N+. The Morgan fingerprint density at radius 2 is 1.73 bits per heavy atom. The molecule has 1 unspecified atom stereocenters. The standard InChI is InChI=1S/C10H20N/c1-9-7-10(2)11(8-9)5-3-4-6-11/h9-10H,3-8H2,1-2H3/q+1/t9-,10?/m1/s1. The maximum atomic E-state index is 2.45. The lowest BCUT2D eigenvalue weighted by molar-refractivity contribution is -0.927. The van der Waals surface area contributed by atoms with Gasteiger partial charge >= 0.3 is 0 Å². The summed E-state index contributed by atoms with van der Waals surface area (Å²) in [5.74, 6) is 0.989. The minimum absolute atomic E-state index is 0.965. The third-order valence-electron chi connectivity index (χ3n) is 3.81. The van der Waals surface area contributed by atoms with E-state index in [2.05, 4.69) is 13.8 Å². The molecule has 0 aliphatic carbocycles. The van der Waals surface area contributed by atoms with Crippen LogP contribution in [0.3, 0.4) is 0 Å². The van der Waals surface area contributed by atoms with Crippen LogP contribution in [0.1, 0.15) is 33.1 Å². The molecule has 1 spiro atoms. The zero-order valence-electron chi connectivity index (χ0n) is 7.84. The van der Waals surface area contributed by atoms with Crippen LogP contribution in [0.4, 0.5) is 0 Å². The third kappa shape index (κ3) is 1.10. The molecule has 1 heteroatoms. The smallest absolute Gasteiger partial charge is 0.0866 e. The topological polar surface area (TPSA) is 0 Å². The molecule has 1 nitrogen and oxygen atoms in total. The zero-order valence-corrected chi connectivity index (χ0v) is 7.84. The van der Waals surface area contributed by atoms with Crippen LogP contribution in [0, 0.1) is 5.92 Å². The predicted octanol–water partition coefficient (Wildman–Crippen LogP) is 2.03. The van der Waals surface area contributed by atoms with Crippen molar-refractivity contribution in [2.45, 2.75) is 39.2 Å². The van der Waals surface area contributed by atoms with Crippen LogP contribution in [0.25, 0.3) is 0 Å². The van der Waals surface area contributed by atoms with Gasteiger partial charge < -0.3 is 4.48 Å². The maximum Gasteiger partial charge on any atom is 0.0866 e. The van der Waals surface area contributed by atoms with E-state index < -0.39 is 0 Å². The third-order valence-corrected chi connectivity index (χ3v) is 3.81. The molecule has 0 amide bonds. The van der Waals surface area contributed by atoms with Crippen molar-refractivity contribution in [3.8, 4) is 0 Å². The van der Waals surface area contributed by atoms with Gasteiger partial charge in [0.2, 0.25) is 0 Å². The Morgan fingerprint density at radius 3 is 2.18 bits per heavy atom. The number of hydrogen-bond donors (Lipinski definition) is 0. The largest absolute Gasteiger partial charge is 0.321 e. The van der Waals surface area contributed by atoms with Crippen LogP contribution < -0.4 is 0 Å². The summed E-state index contributed by atoms with van der Waals surface area (Å²) in [5.41, 5.74) is 0. The van der Waals surface area contributed by atoms with Crippen LogP contribution >= 0.6 is 0 Å². The summed E-state index contributed by atoms with van der Waals surface area (Å²) in [6.45, 7) is 9.30. The summed E-state index contributed by atoms with van der Waals surface area (Å²) in [7, 11) is 0. The number of nitrogens with zero attached hydrogens (tertiary/aromatic N) is 1. The molecule has 0 N–H and O–H groups in total. The van der Waals surface area contributed by atoms with Gasteiger partial charge in [0.25, 0.3) is 0 Å². The first-order valence-corrected chi connectivity index (χ1v) is 5.09. The Hall–Kier alpha value is -0.0400. The molecule has 11 heavy (non-hydrogen) atoms. The molecule has 0 bridgehead atoms. The molecule has 2 atom stereocenters. The van der Waals surface area contributed by atoms with Crippen molar-refractivity contribution in [3.05, 3.63) is 0 Å². The SMILES string of the molecule is CC1C[C@@H](C)C[N+]12CCCC2. The van der Waals surface area contributed by atoms with E-state index in [1.54, 1.807) is 0 Å². The van der Waals surface area contributed by atoms with Gasteiger partial charge in [0.05, 0.1) is 25.7 Å². The number of rotatable bonds is 0. The summed E-state index contributed by atoms with van der Waals surface area (Å²) in [6.07, 6.45) is 4.44. The van der Waals surface area contributed by atoms with E-state index in [1.165, 1.54) is 43.4 Å². The monoisotopic (exact) mass is 154 g/mol. The first-order valence-electron chi connectivity index (χ1n) is 5.09. The second kappa shape index (κ2) is 2.48. The van der Waals surface area contributed by atoms with Crippen LogP contribution in [-0.2, 0) is 0 Å². The van der Waals surface area contributed by atoms with Crippen molar-refractivity contribution in [1.29, 1.82) is 0 Å². The van der Waals surface area contributed by atoms with Gasteiger partial charge in [-0.05, 0) is 6.92 Å². The Morgan fingerprint density at radius 1 is 1.09 bits per heavy atom. The van der Waals surface area contributed by atoms with Crippen LogP contribution in [0.5, 0.6) is 0 Å². The minimum atomic E-state index is 0.965. The van der Waals surface area contributed by atoms with Gasteiger partial charge in [-0.25, -0.2) is 0 Å². The molecule has 0 aromatic carbocycles. The molecule has 2 aliphatic heterocycles. The lowest BCUT2D eigenvalue weighted by Crippen LogP contribution is -2.47. The van der Waals surface area contributed by atoms with Crippen molar-refractivity contribution >= 4 is 0 Å². The molecule has 2 heterocycles. The lowest BCUT2D eigenvalue weighted by Gasteiger charge is -2.34. The Balaban J connectivity index is 2.12. The van der Waals surface area contributed by atoms with Crippen LogP contribution in [0.2, 0.25) is 0 Å². The summed E-state index contributed by atoms with van der Waals surface area (Å²) in [6, 6.07) is 0.965. The van der Waals surface area contributed by atoms with Gasteiger partial charge in [0, 0.05) is 25.2 Å². The van der Waals surface area contributed by atoms with E-state index in [9.17, 15) is 0 Å². The van der Waals surface area contributed by atoms with Gasteiger partial charge in [-0.1, -0.05) is 6.92 Å². The van der Waals surface area contributed by atoms with E-state index in [0.29, 0.717) is 0 Å². The Kier molecular flexibility index (Phi) is 1.71. The predicted molar refractivity (Wildman–Crippen MR) is 47.3 cm³/mol. The number of quaternary nitrogens is 1. The highest BCUT2D eigenvalue weighted by molar-refractivity contribution is 4.72. The quantitative estimate of drug-likeness (QED) is 0.468. The van der Waals surface area contributed by atoms with Gasteiger partial charge in [-0.15, -0.1) is 0 Å². The molecule has 2 aliphatic rings. The van der Waals surface area contributed by atoms with Gasteiger partial charge in [0.15, 0.2) is 0 Å². The molecule has 0 saturated carbocycles. The van der Waals surface area contributed by atoms with Crippen molar-refractivity contribution < 1.29 is 4.48 Å². The molecular weight excluding hydrogens is 134 g/mol. The van der Waals surface area contributed by atoms with Gasteiger partial charge in [-0.2, -0.15) is 0 Å². The average Bonchev–Trinajstić information content (AvgIpc) is 2.45. The fourth-order valence-corrected chi connectivity index (χ4v) is 3.27. The number of hydrogen-bond acceptors (Lipinski definition) is 0. The summed E-state index contributed by atoms with van der Waals surface area (Å²) in [4.78, 5) is 0. The normalized spacial score (nSPS) is 42.0. The summed E-state index contributed by atoms with van der Waals surface area (Å²) in [5, 5.41) is 0. The highest BCUT2D eigenvalue weighted by atomic mass is 15.4. The van der Waals surface area contributed by atoms with E-state index in [0.717, 1.165) is 12.0 Å². The lowest BCUT2D eigenvalue weighted by atomic mass is 10.1. The van der Waals surface area contributed by atoms with Gasteiger partial charge in [0.1, 0.15) is 0 Å². The summed E-state index contributed by atoms with van der Waals surface area (Å²) < 4.78 is 1.47. The van der Waals surface area contributed by atoms with Gasteiger partial charge in [-0.3, -0.25) is 0 Å². The summed E-state index contributed by atoms with van der Waals surface area (Å²) >= 11 is 0. The minimum Gasteiger partial charge on any atom is -0.321 e. The maximum absolute atomic E-state index is 2.45. The van der Waals surface area contributed by atoms with Crippen LogP contribution in [-0.4, -0.2) is 30.2 Å². The first kappa shape index (κ1) is 7.60. The zero-order chi connectivity index (χ0) is 7.90. The van der Waals surface area contributed by atoms with Crippen molar-refractivity contribution in [2.24, 2.45) is 5.92 Å². The van der Waals surface area contributed by atoms with Crippen molar-refractivity contribution in [3.63, 3.8) is 0 Å². The van der Waals surface area contributed by atoms with Crippen LogP contribution in [0.15, 0.2) is 0 Å². The second-order valence-corrected chi connectivity index (χ2v) is 4.75.